The van der Waals surface area contributed by atoms with E-state index in [1.54, 1.807) is 7.05 Å². The van der Waals surface area contributed by atoms with Crippen molar-refractivity contribution in [3.8, 4) is 0 Å². The van der Waals surface area contributed by atoms with Gasteiger partial charge in [-0.1, -0.05) is 12.1 Å². The summed E-state index contributed by atoms with van der Waals surface area (Å²) in [6.07, 6.45) is 1.81. The fourth-order valence-corrected chi connectivity index (χ4v) is 2.80. The van der Waals surface area contributed by atoms with Gasteiger partial charge in [-0.3, -0.25) is 4.99 Å². The standard InChI is InChI=1S/C16H28N4O2S.HI/c1-13(9-10-23(5,21)22)19-16(17-2)18-12-14-7-6-8-15(11-14)20(3)4;/h6-8,11,13H,9-10,12H2,1-5H3,(H2,17,18,19);1H. The third-order valence-corrected chi connectivity index (χ3v) is 4.39. The first-order valence-electron chi connectivity index (χ1n) is 7.62. The van der Waals surface area contributed by atoms with E-state index in [4.69, 9.17) is 0 Å². The van der Waals surface area contributed by atoms with Crippen LogP contribution in [0.15, 0.2) is 29.3 Å². The van der Waals surface area contributed by atoms with Crippen LogP contribution in [-0.4, -0.2) is 53.6 Å². The van der Waals surface area contributed by atoms with E-state index in [0.717, 1.165) is 11.3 Å². The minimum atomic E-state index is -2.93. The van der Waals surface area contributed by atoms with Crippen LogP contribution in [0.1, 0.15) is 18.9 Å². The predicted molar refractivity (Wildman–Crippen MR) is 113 cm³/mol. The summed E-state index contributed by atoms with van der Waals surface area (Å²) in [5, 5.41) is 6.46. The molecular weight excluding hydrogens is 439 g/mol. The minimum Gasteiger partial charge on any atom is -0.378 e. The van der Waals surface area contributed by atoms with E-state index < -0.39 is 9.84 Å². The van der Waals surface area contributed by atoms with Gasteiger partial charge < -0.3 is 15.5 Å². The Balaban J connectivity index is 0.00000529. The molecule has 0 amide bonds. The van der Waals surface area contributed by atoms with Gasteiger partial charge in [-0.05, 0) is 31.0 Å². The van der Waals surface area contributed by atoms with E-state index in [0.29, 0.717) is 18.9 Å². The Morgan fingerprint density at radius 2 is 2.00 bits per heavy atom. The average molecular weight is 468 g/mol. The normalized spacial score (nSPS) is 13.0. The van der Waals surface area contributed by atoms with Crippen LogP contribution in [0.25, 0.3) is 0 Å². The highest BCUT2D eigenvalue weighted by molar-refractivity contribution is 14.0. The zero-order valence-corrected chi connectivity index (χ0v) is 18.2. The highest BCUT2D eigenvalue weighted by atomic mass is 127. The van der Waals surface area contributed by atoms with Crippen LogP contribution in [-0.2, 0) is 16.4 Å². The molecule has 2 N–H and O–H groups in total. The van der Waals surface area contributed by atoms with Crippen LogP contribution in [0.4, 0.5) is 5.69 Å². The number of nitrogens with zero attached hydrogens (tertiary/aromatic N) is 2. The summed E-state index contributed by atoms with van der Waals surface area (Å²) in [5.41, 5.74) is 2.30. The summed E-state index contributed by atoms with van der Waals surface area (Å²) in [6, 6.07) is 8.29. The molecule has 6 nitrogen and oxygen atoms in total. The van der Waals surface area contributed by atoms with Crippen molar-refractivity contribution < 1.29 is 8.42 Å². The Hall–Kier alpha value is -1.03. The summed E-state index contributed by atoms with van der Waals surface area (Å²) in [4.78, 5) is 6.24. The molecule has 0 saturated carbocycles. The van der Waals surface area contributed by atoms with E-state index in [9.17, 15) is 8.42 Å². The third kappa shape index (κ3) is 9.31. The van der Waals surface area contributed by atoms with E-state index >= 15 is 0 Å². The molecule has 0 saturated heterocycles. The number of sulfone groups is 1. The minimum absolute atomic E-state index is 0. The van der Waals surface area contributed by atoms with Crippen LogP contribution in [0.2, 0.25) is 0 Å². The van der Waals surface area contributed by atoms with Crippen LogP contribution in [0.3, 0.4) is 0 Å². The molecule has 1 aromatic carbocycles. The summed E-state index contributed by atoms with van der Waals surface area (Å²) < 4.78 is 22.4. The number of hydrogen-bond acceptors (Lipinski definition) is 4. The number of benzene rings is 1. The van der Waals surface area contributed by atoms with E-state index in [2.05, 4.69) is 38.7 Å². The van der Waals surface area contributed by atoms with Crippen molar-refractivity contribution in [2.75, 3.05) is 38.1 Å². The van der Waals surface area contributed by atoms with Gasteiger partial charge in [-0.2, -0.15) is 0 Å². The molecular formula is C16H29IN4O2S. The molecule has 8 heteroatoms. The lowest BCUT2D eigenvalue weighted by Gasteiger charge is -2.18. The van der Waals surface area contributed by atoms with Gasteiger partial charge in [0.05, 0.1) is 5.75 Å². The Morgan fingerprint density at radius 3 is 2.54 bits per heavy atom. The van der Waals surface area contributed by atoms with Crippen molar-refractivity contribution in [1.29, 1.82) is 0 Å². The Kier molecular flexibility index (Phi) is 10.3. The number of anilines is 1. The molecule has 1 unspecified atom stereocenters. The number of guanidine groups is 1. The maximum atomic E-state index is 11.2. The highest BCUT2D eigenvalue weighted by Gasteiger charge is 2.09. The van der Waals surface area contributed by atoms with Crippen LogP contribution in [0, 0.1) is 0 Å². The van der Waals surface area contributed by atoms with E-state index in [1.807, 2.05) is 27.1 Å². The molecule has 0 spiro atoms. The van der Waals surface area contributed by atoms with Crippen molar-refractivity contribution in [1.82, 2.24) is 10.6 Å². The van der Waals surface area contributed by atoms with Crippen molar-refractivity contribution in [3.63, 3.8) is 0 Å². The summed E-state index contributed by atoms with van der Waals surface area (Å²) in [6.45, 7) is 2.60. The van der Waals surface area contributed by atoms with Gasteiger partial charge >= 0.3 is 0 Å². The second-order valence-corrected chi connectivity index (χ2v) is 8.21. The molecule has 0 fully saturated rings. The first-order valence-corrected chi connectivity index (χ1v) is 9.68. The molecule has 0 heterocycles. The van der Waals surface area contributed by atoms with Crippen molar-refractivity contribution >= 4 is 45.5 Å². The Labute approximate surface area is 163 Å². The van der Waals surface area contributed by atoms with Gasteiger partial charge in [0.2, 0.25) is 0 Å². The molecule has 0 aliphatic heterocycles. The second-order valence-electron chi connectivity index (χ2n) is 5.95. The summed E-state index contributed by atoms with van der Waals surface area (Å²) in [5.74, 6) is 0.838. The van der Waals surface area contributed by atoms with Crippen molar-refractivity contribution in [3.05, 3.63) is 29.8 Å². The fraction of sp³-hybridized carbons (Fsp3) is 0.562. The van der Waals surface area contributed by atoms with Gasteiger partial charge in [0.25, 0.3) is 0 Å². The summed E-state index contributed by atoms with van der Waals surface area (Å²) >= 11 is 0. The summed E-state index contributed by atoms with van der Waals surface area (Å²) in [7, 11) is 2.79. The number of aliphatic imine (C=N–C) groups is 1. The Bertz CT molecular complexity index is 633. The SMILES string of the molecule is CN=C(NCc1cccc(N(C)C)c1)NC(C)CCS(C)(=O)=O.I. The Morgan fingerprint density at radius 1 is 1.33 bits per heavy atom. The topological polar surface area (TPSA) is 73.8 Å². The predicted octanol–water partition coefficient (Wildman–Crippen LogP) is 1.86. The molecule has 0 bridgehead atoms. The van der Waals surface area contributed by atoms with Crippen molar-refractivity contribution in [2.24, 2.45) is 4.99 Å². The van der Waals surface area contributed by atoms with Gasteiger partial charge in [0, 0.05) is 45.7 Å². The van der Waals surface area contributed by atoms with Gasteiger partial charge in [-0.25, -0.2) is 8.42 Å². The van der Waals surface area contributed by atoms with Gasteiger partial charge in [0.15, 0.2) is 5.96 Å². The molecule has 138 valence electrons. The second kappa shape index (κ2) is 10.8. The maximum Gasteiger partial charge on any atom is 0.191 e. The number of nitrogens with one attached hydrogen (secondary N) is 2. The molecule has 0 aliphatic carbocycles. The van der Waals surface area contributed by atoms with Crippen molar-refractivity contribution in [2.45, 2.75) is 25.9 Å². The number of hydrogen-bond donors (Lipinski definition) is 2. The first kappa shape index (κ1) is 23.0. The monoisotopic (exact) mass is 468 g/mol. The molecule has 1 rings (SSSR count). The molecule has 0 radical (unpaired) electrons. The van der Waals surface area contributed by atoms with Gasteiger partial charge in [-0.15, -0.1) is 24.0 Å². The average Bonchev–Trinajstić information content (AvgIpc) is 2.49. The largest absolute Gasteiger partial charge is 0.378 e. The molecule has 1 atom stereocenters. The maximum absolute atomic E-state index is 11.2. The fourth-order valence-electron chi connectivity index (χ4n) is 2.02. The molecule has 0 aliphatic rings. The van der Waals surface area contributed by atoms with Crippen LogP contribution >= 0.6 is 24.0 Å². The smallest absolute Gasteiger partial charge is 0.191 e. The lowest BCUT2D eigenvalue weighted by Crippen LogP contribution is -2.42. The lowest BCUT2D eigenvalue weighted by molar-refractivity contribution is 0.581. The first-order chi connectivity index (χ1) is 10.7. The molecule has 0 aromatic heterocycles. The number of rotatable bonds is 7. The van der Waals surface area contributed by atoms with Crippen LogP contribution in [0.5, 0.6) is 0 Å². The number of halogens is 1. The highest BCUT2D eigenvalue weighted by Crippen LogP contribution is 2.13. The molecule has 1 aromatic rings. The van der Waals surface area contributed by atoms with Crippen LogP contribution < -0.4 is 15.5 Å². The third-order valence-electron chi connectivity index (χ3n) is 3.42. The zero-order valence-electron chi connectivity index (χ0n) is 15.0. The lowest BCUT2D eigenvalue weighted by atomic mass is 10.2. The zero-order chi connectivity index (χ0) is 17.5. The quantitative estimate of drug-likeness (QED) is 0.363. The van der Waals surface area contributed by atoms with E-state index in [1.165, 1.54) is 6.26 Å². The van der Waals surface area contributed by atoms with Gasteiger partial charge in [0.1, 0.15) is 9.84 Å². The molecule has 24 heavy (non-hydrogen) atoms. The van der Waals surface area contributed by atoms with E-state index in [-0.39, 0.29) is 35.8 Å².